The summed E-state index contributed by atoms with van der Waals surface area (Å²) in [4.78, 5) is 0. The Balaban J connectivity index is 2.15. The Morgan fingerprint density at radius 3 is 2.74 bits per heavy atom. The zero-order valence-corrected chi connectivity index (χ0v) is 12.0. The van der Waals surface area contributed by atoms with Crippen LogP contribution in [-0.4, -0.2) is 5.11 Å². The number of hydrogen-bond acceptors (Lipinski definition) is 2. The lowest BCUT2D eigenvalue weighted by Crippen LogP contribution is -2.01. The van der Waals surface area contributed by atoms with Gasteiger partial charge in [0.1, 0.15) is 18.2 Å². The van der Waals surface area contributed by atoms with Crippen LogP contribution in [-0.2, 0) is 6.61 Å². The number of halogens is 2. The van der Waals surface area contributed by atoms with Gasteiger partial charge in [0.05, 0.1) is 6.10 Å². The fourth-order valence-electron chi connectivity index (χ4n) is 1.77. The standard InChI is InChI=1S/C15H14BrFO2/c1-10(18)14-8-13(17)5-6-15(14)19-9-11-3-2-4-12(16)7-11/h2-8,10,18H,9H2,1H3. The molecule has 1 unspecified atom stereocenters. The number of rotatable bonds is 4. The smallest absolute Gasteiger partial charge is 0.125 e. The average Bonchev–Trinajstić information content (AvgIpc) is 2.37. The summed E-state index contributed by atoms with van der Waals surface area (Å²) in [6.07, 6.45) is -0.770. The van der Waals surface area contributed by atoms with E-state index in [4.69, 9.17) is 4.74 Å². The van der Waals surface area contributed by atoms with Crippen molar-refractivity contribution in [1.29, 1.82) is 0 Å². The molecule has 2 rings (SSSR count). The van der Waals surface area contributed by atoms with Crippen LogP contribution in [0, 0.1) is 5.82 Å². The van der Waals surface area contributed by atoms with Crippen LogP contribution in [0.3, 0.4) is 0 Å². The summed E-state index contributed by atoms with van der Waals surface area (Å²) in [6.45, 7) is 1.95. The lowest BCUT2D eigenvalue weighted by atomic mass is 10.1. The minimum absolute atomic E-state index is 0.366. The molecule has 0 saturated heterocycles. The molecule has 19 heavy (non-hydrogen) atoms. The molecule has 1 atom stereocenters. The SMILES string of the molecule is CC(O)c1cc(F)ccc1OCc1cccc(Br)c1. The van der Waals surface area contributed by atoms with Crippen molar-refractivity contribution < 1.29 is 14.2 Å². The third-order valence-electron chi connectivity index (χ3n) is 2.71. The summed E-state index contributed by atoms with van der Waals surface area (Å²) in [7, 11) is 0. The van der Waals surface area contributed by atoms with Crippen LogP contribution in [0.4, 0.5) is 4.39 Å². The number of benzene rings is 2. The van der Waals surface area contributed by atoms with Gasteiger partial charge in [-0.05, 0) is 42.8 Å². The molecule has 0 radical (unpaired) electrons. The summed E-state index contributed by atoms with van der Waals surface area (Å²) in [5.74, 6) is 0.113. The average molecular weight is 325 g/mol. The zero-order chi connectivity index (χ0) is 13.8. The van der Waals surface area contributed by atoms with Gasteiger partial charge >= 0.3 is 0 Å². The molecule has 0 aliphatic heterocycles. The largest absolute Gasteiger partial charge is 0.489 e. The lowest BCUT2D eigenvalue weighted by molar-refractivity contribution is 0.189. The van der Waals surface area contributed by atoms with Crippen molar-refractivity contribution in [2.45, 2.75) is 19.6 Å². The molecule has 1 N–H and O–H groups in total. The van der Waals surface area contributed by atoms with Gasteiger partial charge in [0.15, 0.2) is 0 Å². The number of hydrogen-bond donors (Lipinski definition) is 1. The lowest BCUT2D eigenvalue weighted by Gasteiger charge is -2.13. The van der Waals surface area contributed by atoms with Crippen molar-refractivity contribution in [3.05, 3.63) is 63.9 Å². The van der Waals surface area contributed by atoms with E-state index in [-0.39, 0.29) is 5.82 Å². The first-order chi connectivity index (χ1) is 9.06. The molecule has 0 aliphatic rings. The first kappa shape index (κ1) is 14.0. The normalized spacial score (nSPS) is 12.2. The van der Waals surface area contributed by atoms with Crippen molar-refractivity contribution >= 4 is 15.9 Å². The van der Waals surface area contributed by atoms with Gasteiger partial charge in [-0.25, -0.2) is 4.39 Å². The molecular formula is C15H14BrFO2. The Morgan fingerprint density at radius 1 is 1.26 bits per heavy atom. The van der Waals surface area contributed by atoms with E-state index in [0.717, 1.165) is 10.0 Å². The Labute approximate surface area is 120 Å². The summed E-state index contributed by atoms with van der Waals surface area (Å²) in [5.41, 5.74) is 1.45. The van der Waals surface area contributed by atoms with Gasteiger partial charge in [0, 0.05) is 10.0 Å². The van der Waals surface area contributed by atoms with Crippen LogP contribution in [0.1, 0.15) is 24.2 Å². The van der Waals surface area contributed by atoms with Crippen molar-refractivity contribution in [3.63, 3.8) is 0 Å². The first-order valence-corrected chi connectivity index (χ1v) is 6.70. The van der Waals surface area contributed by atoms with Crippen molar-refractivity contribution in [1.82, 2.24) is 0 Å². The van der Waals surface area contributed by atoms with E-state index in [1.165, 1.54) is 18.2 Å². The van der Waals surface area contributed by atoms with E-state index >= 15 is 0 Å². The first-order valence-electron chi connectivity index (χ1n) is 5.91. The molecule has 4 heteroatoms. The highest BCUT2D eigenvalue weighted by Gasteiger charge is 2.10. The second-order valence-electron chi connectivity index (χ2n) is 4.28. The van der Waals surface area contributed by atoms with Crippen molar-refractivity contribution in [3.8, 4) is 5.75 Å². The quantitative estimate of drug-likeness (QED) is 0.912. The third-order valence-corrected chi connectivity index (χ3v) is 3.20. The Hall–Kier alpha value is -1.39. The van der Waals surface area contributed by atoms with E-state index < -0.39 is 6.10 Å². The highest BCUT2D eigenvalue weighted by Crippen LogP contribution is 2.27. The van der Waals surface area contributed by atoms with E-state index in [2.05, 4.69) is 15.9 Å². The van der Waals surface area contributed by atoms with Gasteiger partial charge in [-0.15, -0.1) is 0 Å². The molecule has 2 nitrogen and oxygen atoms in total. The third kappa shape index (κ3) is 3.78. The van der Waals surface area contributed by atoms with Gasteiger partial charge in [-0.3, -0.25) is 0 Å². The predicted molar refractivity (Wildman–Crippen MR) is 75.5 cm³/mol. The molecule has 0 spiro atoms. The molecule has 0 fully saturated rings. The zero-order valence-electron chi connectivity index (χ0n) is 10.4. The topological polar surface area (TPSA) is 29.5 Å². The molecule has 0 heterocycles. The fourth-order valence-corrected chi connectivity index (χ4v) is 2.21. The van der Waals surface area contributed by atoms with E-state index in [9.17, 15) is 9.50 Å². The van der Waals surface area contributed by atoms with Crippen LogP contribution in [0.15, 0.2) is 46.9 Å². The Morgan fingerprint density at radius 2 is 2.05 bits per heavy atom. The molecule has 0 aromatic heterocycles. The Kier molecular flexibility index (Phi) is 4.56. The number of ether oxygens (including phenoxy) is 1. The maximum atomic E-state index is 13.2. The van der Waals surface area contributed by atoms with Crippen LogP contribution >= 0.6 is 15.9 Å². The fraction of sp³-hybridized carbons (Fsp3) is 0.200. The van der Waals surface area contributed by atoms with Gasteiger partial charge in [-0.1, -0.05) is 28.1 Å². The van der Waals surface area contributed by atoms with Crippen molar-refractivity contribution in [2.24, 2.45) is 0 Å². The summed E-state index contributed by atoms with van der Waals surface area (Å²) >= 11 is 3.39. The summed E-state index contributed by atoms with van der Waals surface area (Å²) in [6, 6.07) is 11.9. The summed E-state index contributed by atoms with van der Waals surface area (Å²) < 4.78 is 19.8. The number of aliphatic hydroxyl groups is 1. The van der Waals surface area contributed by atoms with Gasteiger partial charge in [0.25, 0.3) is 0 Å². The van der Waals surface area contributed by atoms with Crippen LogP contribution < -0.4 is 4.74 Å². The maximum absolute atomic E-state index is 13.2. The second kappa shape index (κ2) is 6.17. The molecule has 0 bridgehead atoms. The van der Waals surface area contributed by atoms with Crippen LogP contribution in [0.2, 0.25) is 0 Å². The molecule has 0 aliphatic carbocycles. The molecule has 2 aromatic rings. The van der Waals surface area contributed by atoms with Crippen molar-refractivity contribution in [2.75, 3.05) is 0 Å². The second-order valence-corrected chi connectivity index (χ2v) is 5.19. The van der Waals surface area contributed by atoms with Gasteiger partial charge in [0.2, 0.25) is 0 Å². The molecule has 2 aromatic carbocycles. The molecular weight excluding hydrogens is 311 g/mol. The monoisotopic (exact) mass is 324 g/mol. The highest BCUT2D eigenvalue weighted by molar-refractivity contribution is 9.10. The van der Waals surface area contributed by atoms with Gasteiger partial charge in [-0.2, -0.15) is 0 Å². The van der Waals surface area contributed by atoms with Crippen LogP contribution in [0.25, 0.3) is 0 Å². The Bertz CT molecular complexity index is 570. The highest BCUT2D eigenvalue weighted by atomic mass is 79.9. The van der Waals surface area contributed by atoms with E-state index in [0.29, 0.717) is 17.9 Å². The van der Waals surface area contributed by atoms with Gasteiger partial charge < -0.3 is 9.84 Å². The minimum atomic E-state index is -0.770. The number of aliphatic hydroxyl groups excluding tert-OH is 1. The molecule has 0 saturated carbocycles. The van der Waals surface area contributed by atoms with E-state index in [1.54, 1.807) is 6.92 Å². The maximum Gasteiger partial charge on any atom is 0.125 e. The van der Waals surface area contributed by atoms with Crippen LogP contribution in [0.5, 0.6) is 5.75 Å². The predicted octanol–water partition coefficient (Wildman–Crippen LogP) is 4.22. The summed E-state index contributed by atoms with van der Waals surface area (Å²) in [5, 5.41) is 9.62. The molecule has 100 valence electrons. The van der Waals surface area contributed by atoms with E-state index in [1.807, 2.05) is 24.3 Å². The minimum Gasteiger partial charge on any atom is -0.489 e. The molecule has 0 amide bonds.